The maximum Gasteiger partial charge on any atom is 0.257 e. The Hall–Kier alpha value is -2.67. The van der Waals surface area contributed by atoms with Crippen molar-refractivity contribution in [3.8, 4) is 0 Å². The SMILES string of the molecule is CN1CC(=O)N(CC2CC2)c2sc3c(c2C1=O)CCN(C(=O)Cc1ccccc1)C3. The number of carbonyl (C=O) groups is 3. The zero-order valence-electron chi connectivity index (χ0n) is 17.1. The van der Waals surface area contributed by atoms with Crippen molar-refractivity contribution in [2.45, 2.75) is 32.2 Å². The summed E-state index contributed by atoms with van der Waals surface area (Å²) in [6.07, 6.45) is 3.34. The van der Waals surface area contributed by atoms with Gasteiger partial charge in [-0.2, -0.15) is 0 Å². The molecule has 0 atom stereocenters. The van der Waals surface area contributed by atoms with E-state index in [2.05, 4.69) is 0 Å². The van der Waals surface area contributed by atoms with E-state index >= 15 is 0 Å². The van der Waals surface area contributed by atoms with Gasteiger partial charge in [-0.3, -0.25) is 14.4 Å². The summed E-state index contributed by atoms with van der Waals surface area (Å²) < 4.78 is 0. The first-order valence-corrected chi connectivity index (χ1v) is 11.3. The summed E-state index contributed by atoms with van der Waals surface area (Å²) in [4.78, 5) is 45.1. The molecular weight excluding hydrogens is 398 g/mol. The highest BCUT2D eigenvalue weighted by atomic mass is 32.1. The molecular formula is C23H25N3O3S. The quantitative estimate of drug-likeness (QED) is 0.760. The Bertz CT molecular complexity index is 1010. The lowest BCUT2D eigenvalue weighted by atomic mass is 10.0. The second-order valence-electron chi connectivity index (χ2n) is 8.52. The van der Waals surface area contributed by atoms with Crippen LogP contribution >= 0.6 is 11.3 Å². The van der Waals surface area contributed by atoms with E-state index in [0.29, 0.717) is 44.0 Å². The van der Waals surface area contributed by atoms with E-state index in [0.717, 1.165) is 33.8 Å². The van der Waals surface area contributed by atoms with Gasteiger partial charge < -0.3 is 14.7 Å². The van der Waals surface area contributed by atoms with Gasteiger partial charge in [-0.25, -0.2) is 0 Å². The van der Waals surface area contributed by atoms with Crippen LogP contribution in [0.25, 0.3) is 0 Å². The summed E-state index contributed by atoms with van der Waals surface area (Å²) >= 11 is 1.53. The lowest BCUT2D eigenvalue weighted by Crippen LogP contribution is -2.39. The number of likely N-dealkylation sites (N-methyl/N-ethyl adjacent to an activating group) is 1. The van der Waals surface area contributed by atoms with E-state index in [1.807, 2.05) is 40.1 Å². The van der Waals surface area contributed by atoms with Crippen LogP contribution in [0.5, 0.6) is 0 Å². The lowest BCUT2D eigenvalue weighted by molar-refractivity contribution is -0.131. The molecule has 1 fully saturated rings. The summed E-state index contributed by atoms with van der Waals surface area (Å²) in [5.41, 5.74) is 2.73. The van der Waals surface area contributed by atoms with E-state index in [1.54, 1.807) is 7.05 Å². The Kier molecular flexibility index (Phi) is 4.85. The molecule has 0 radical (unpaired) electrons. The zero-order valence-corrected chi connectivity index (χ0v) is 17.9. The molecule has 156 valence electrons. The molecule has 1 aromatic carbocycles. The number of carbonyl (C=O) groups excluding carboxylic acids is 3. The summed E-state index contributed by atoms with van der Waals surface area (Å²) in [6.45, 7) is 1.95. The van der Waals surface area contributed by atoms with Crippen molar-refractivity contribution >= 4 is 34.1 Å². The molecule has 0 saturated heterocycles. The predicted molar refractivity (Wildman–Crippen MR) is 116 cm³/mol. The van der Waals surface area contributed by atoms with Crippen LogP contribution in [-0.4, -0.2) is 54.2 Å². The Morgan fingerprint density at radius 2 is 1.90 bits per heavy atom. The number of anilines is 1. The molecule has 1 saturated carbocycles. The van der Waals surface area contributed by atoms with Gasteiger partial charge in [0, 0.05) is 25.0 Å². The number of rotatable bonds is 4. The largest absolute Gasteiger partial charge is 0.337 e. The average Bonchev–Trinajstić information content (AvgIpc) is 3.50. The number of benzene rings is 1. The Morgan fingerprint density at radius 3 is 2.63 bits per heavy atom. The molecule has 3 aliphatic rings. The fourth-order valence-corrected chi connectivity index (χ4v) is 5.68. The standard InChI is InChI=1S/C23H25N3O3S/c1-24-14-20(28)26(12-16-7-8-16)23-21(22(24)29)17-9-10-25(13-18(17)30-23)19(27)11-15-5-3-2-4-6-15/h2-6,16H,7-14H2,1H3. The van der Waals surface area contributed by atoms with Gasteiger partial charge in [-0.15, -0.1) is 11.3 Å². The van der Waals surface area contributed by atoms with Crippen LogP contribution in [0.4, 0.5) is 5.00 Å². The summed E-state index contributed by atoms with van der Waals surface area (Å²) in [5, 5.41) is 0.795. The van der Waals surface area contributed by atoms with Crippen LogP contribution < -0.4 is 4.90 Å². The first-order chi connectivity index (χ1) is 14.5. The number of hydrogen-bond donors (Lipinski definition) is 0. The van der Waals surface area contributed by atoms with Gasteiger partial charge in [0.15, 0.2) is 0 Å². The summed E-state index contributed by atoms with van der Waals surface area (Å²) in [7, 11) is 1.70. The van der Waals surface area contributed by atoms with Crippen molar-refractivity contribution in [3.05, 3.63) is 51.9 Å². The maximum absolute atomic E-state index is 13.1. The minimum Gasteiger partial charge on any atom is -0.337 e. The zero-order chi connectivity index (χ0) is 20.8. The first-order valence-electron chi connectivity index (χ1n) is 10.5. The van der Waals surface area contributed by atoms with Crippen LogP contribution in [0.15, 0.2) is 30.3 Å². The van der Waals surface area contributed by atoms with Crippen LogP contribution in [0.3, 0.4) is 0 Å². The average molecular weight is 424 g/mol. The number of thiophene rings is 1. The van der Waals surface area contributed by atoms with Crippen LogP contribution in [-0.2, 0) is 29.0 Å². The second-order valence-corrected chi connectivity index (χ2v) is 9.60. The molecule has 1 aromatic heterocycles. The highest BCUT2D eigenvalue weighted by molar-refractivity contribution is 7.17. The third-order valence-electron chi connectivity index (χ3n) is 6.21. The fourth-order valence-electron chi connectivity index (χ4n) is 4.30. The van der Waals surface area contributed by atoms with Crippen molar-refractivity contribution in [2.24, 2.45) is 5.92 Å². The highest BCUT2D eigenvalue weighted by Gasteiger charge is 2.39. The number of amides is 3. The van der Waals surface area contributed by atoms with E-state index < -0.39 is 0 Å². The summed E-state index contributed by atoms with van der Waals surface area (Å²) in [6, 6.07) is 9.77. The Morgan fingerprint density at radius 1 is 1.13 bits per heavy atom. The Labute approximate surface area is 180 Å². The van der Waals surface area contributed by atoms with Crippen LogP contribution in [0.2, 0.25) is 0 Å². The minimum absolute atomic E-state index is 0.00731. The second kappa shape index (κ2) is 7.54. The van der Waals surface area contributed by atoms with Gasteiger partial charge >= 0.3 is 0 Å². The molecule has 3 heterocycles. The molecule has 1 aliphatic carbocycles. The van der Waals surface area contributed by atoms with E-state index in [4.69, 9.17) is 0 Å². The van der Waals surface area contributed by atoms with Gasteiger partial charge in [0.1, 0.15) is 11.5 Å². The fraction of sp³-hybridized carbons (Fsp3) is 0.435. The molecule has 0 spiro atoms. The van der Waals surface area contributed by atoms with E-state index in [1.165, 1.54) is 16.2 Å². The minimum atomic E-state index is -0.0711. The normalized spacial score (nSPS) is 18.9. The molecule has 2 aliphatic heterocycles. The topological polar surface area (TPSA) is 60.9 Å². The number of hydrogen-bond acceptors (Lipinski definition) is 4. The molecule has 30 heavy (non-hydrogen) atoms. The van der Waals surface area contributed by atoms with Crippen LogP contribution in [0.1, 0.15) is 39.2 Å². The van der Waals surface area contributed by atoms with Crippen molar-refractivity contribution in [1.82, 2.24) is 9.80 Å². The molecule has 3 amide bonds. The molecule has 5 rings (SSSR count). The summed E-state index contributed by atoms with van der Waals surface area (Å²) in [5.74, 6) is 0.568. The highest BCUT2D eigenvalue weighted by Crippen LogP contribution is 2.43. The third kappa shape index (κ3) is 3.51. The van der Waals surface area contributed by atoms with Crippen molar-refractivity contribution < 1.29 is 14.4 Å². The Balaban J connectivity index is 1.43. The first kappa shape index (κ1) is 19.3. The van der Waals surface area contributed by atoms with E-state index in [-0.39, 0.29) is 24.3 Å². The molecule has 0 bridgehead atoms. The van der Waals surface area contributed by atoms with Crippen molar-refractivity contribution in [1.29, 1.82) is 0 Å². The molecule has 0 unspecified atom stereocenters. The van der Waals surface area contributed by atoms with Crippen LogP contribution in [0, 0.1) is 5.92 Å². The molecule has 6 nitrogen and oxygen atoms in total. The van der Waals surface area contributed by atoms with Gasteiger partial charge in [0.25, 0.3) is 5.91 Å². The predicted octanol–water partition coefficient (Wildman–Crippen LogP) is 2.70. The van der Waals surface area contributed by atoms with Gasteiger partial charge in [-0.1, -0.05) is 30.3 Å². The van der Waals surface area contributed by atoms with Gasteiger partial charge in [0.2, 0.25) is 11.8 Å². The van der Waals surface area contributed by atoms with Crippen molar-refractivity contribution in [2.75, 3.05) is 31.6 Å². The van der Waals surface area contributed by atoms with E-state index in [9.17, 15) is 14.4 Å². The number of nitrogens with zero attached hydrogens (tertiary/aromatic N) is 3. The van der Waals surface area contributed by atoms with Gasteiger partial charge in [0.05, 0.1) is 18.5 Å². The number of fused-ring (bicyclic) bond motifs is 3. The monoisotopic (exact) mass is 423 g/mol. The smallest absolute Gasteiger partial charge is 0.257 e. The maximum atomic E-state index is 13.1. The molecule has 2 aromatic rings. The lowest BCUT2D eigenvalue weighted by Gasteiger charge is -2.27. The molecule has 7 heteroatoms. The third-order valence-corrected chi connectivity index (χ3v) is 7.45. The van der Waals surface area contributed by atoms with Gasteiger partial charge in [-0.05, 0) is 36.3 Å². The van der Waals surface area contributed by atoms with Crippen molar-refractivity contribution in [3.63, 3.8) is 0 Å². The molecule has 0 N–H and O–H groups in total.